The fraction of sp³-hybridized carbons (Fsp3) is 0.385. The summed E-state index contributed by atoms with van der Waals surface area (Å²) >= 11 is 0. The number of rotatable bonds is 8. The molecule has 0 spiro atoms. The molecule has 1 aromatic carbocycles. The number of aliphatic hydroxyl groups excluding tert-OH is 1. The molecule has 0 heterocycles. The third kappa shape index (κ3) is 5.15. The van der Waals surface area contributed by atoms with Crippen LogP contribution in [0.15, 0.2) is 24.3 Å². The van der Waals surface area contributed by atoms with Gasteiger partial charge in [-0.15, -0.1) is 0 Å². The lowest BCUT2D eigenvalue weighted by Crippen LogP contribution is -2.38. The normalized spacial score (nSPS) is 12.1. The van der Waals surface area contributed by atoms with Crippen LogP contribution in [0.2, 0.25) is 0 Å². The maximum absolute atomic E-state index is 12.8. The van der Waals surface area contributed by atoms with E-state index in [9.17, 15) is 14.0 Å². The predicted octanol–water partition coefficient (Wildman–Crippen LogP) is 0.824. The first-order valence-corrected chi connectivity index (χ1v) is 5.90. The number of carbonyl (C=O) groups is 2. The van der Waals surface area contributed by atoms with Crippen molar-refractivity contribution in [2.45, 2.75) is 18.9 Å². The van der Waals surface area contributed by atoms with Crippen molar-refractivity contribution in [2.75, 3.05) is 13.2 Å². The lowest BCUT2D eigenvalue weighted by atomic mass is 10.00. The average Bonchev–Trinajstić information content (AvgIpc) is 2.39. The fourth-order valence-corrected chi connectivity index (χ4v) is 1.65. The van der Waals surface area contributed by atoms with E-state index in [-0.39, 0.29) is 31.8 Å². The molecule has 0 bridgehead atoms. The van der Waals surface area contributed by atoms with E-state index in [1.807, 2.05) is 0 Å². The highest BCUT2D eigenvalue weighted by Crippen LogP contribution is 2.09. The minimum atomic E-state index is -0.997. The molecular weight excluding hydrogens is 253 g/mol. The van der Waals surface area contributed by atoms with Gasteiger partial charge in [-0.1, -0.05) is 0 Å². The summed E-state index contributed by atoms with van der Waals surface area (Å²) in [4.78, 5) is 22.7. The van der Waals surface area contributed by atoms with Gasteiger partial charge in [0.15, 0.2) is 5.78 Å². The maximum atomic E-state index is 12.8. The number of carbonyl (C=O) groups excluding carboxylic acids is 1. The number of Topliss-reactive ketones (excluding diaryl/α,β-unsaturated/α-hetero) is 1. The molecule has 0 saturated carbocycles. The molecule has 1 atom stereocenters. The van der Waals surface area contributed by atoms with Crippen molar-refractivity contribution in [3.8, 4) is 0 Å². The topological polar surface area (TPSA) is 86.6 Å². The van der Waals surface area contributed by atoms with Gasteiger partial charge in [0.05, 0.1) is 12.6 Å². The van der Waals surface area contributed by atoms with E-state index in [0.717, 1.165) is 0 Å². The quantitative estimate of drug-likeness (QED) is 0.608. The number of carboxylic acids is 1. The van der Waals surface area contributed by atoms with Crippen LogP contribution in [0.3, 0.4) is 0 Å². The summed E-state index contributed by atoms with van der Waals surface area (Å²) in [5.41, 5.74) is 0.308. The number of hydrogen-bond donors (Lipinski definition) is 3. The van der Waals surface area contributed by atoms with E-state index < -0.39 is 17.8 Å². The molecular formula is C13H16FNO4. The van der Waals surface area contributed by atoms with Crippen LogP contribution >= 0.6 is 0 Å². The highest BCUT2D eigenvalue weighted by Gasteiger charge is 2.20. The lowest BCUT2D eigenvalue weighted by Gasteiger charge is -2.16. The average molecular weight is 269 g/mol. The Morgan fingerprint density at radius 1 is 1.26 bits per heavy atom. The van der Waals surface area contributed by atoms with Gasteiger partial charge in [-0.25, -0.2) is 4.39 Å². The summed E-state index contributed by atoms with van der Waals surface area (Å²) in [6, 6.07) is 4.35. The molecule has 0 aliphatic heterocycles. The second-order valence-electron chi connectivity index (χ2n) is 4.03. The van der Waals surface area contributed by atoms with Gasteiger partial charge in [-0.3, -0.25) is 9.59 Å². The number of ketones is 1. The van der Waals surface area contributed by atoms with Crippen LogP contribution in [0.1, 0.15) is 23.2 Å². The van der Waals surface area contributed by atoms with Crippen molar-refractivity contribution in [1.29, 1.82) is 0 Å². The van der Waals surface area contributed by atoms with Crippen molar-refractivity contribution in [3.63, 3.8) is 0 Å². The summed E-state index contributed by atoms with van der Waals surface area (Å²) < 4.78 is 12.8. The van der Waals surface area contributed by atoms with Gasteiger partial charge in [-0.05, 0) is 30.7 Å². The van der Waals surface area contributed by atoms with E-state index in [1.165, 1.54) is 24.3 Å². The smallest absolute Gasteiger partial charge is 0.303 e. The van der Waals surface area contributed by atoms with Crippen LogP contribution < -0.4 is 5.32 Å². The summed E-state index contributed by atoms with van der Waals surface area (Å²) in [5.74, 6) is -1.75. The van der Waals surface area contributed by atoms with Crippen molar-refractivity contribution in [3.05, 3.63) is 35.6 Å². The van der Waals surface area contributed by atoms with Gasteiger partial charge in [0.2, 0.25) is 0 Å². The Morgan fingerprint density at radius 3 is 2.42 bits per heavy atom. The molecule has 0 radical (unpaired) electrons. The summed E-state index contributed by atoms with van der Waals surface area (Å²) in [5, 5.41) is 20.2. The van der Waals surface area contributed by atoms with Crippen LogP contribution in [0, 0.1) is 5.82 Å². The second-order valence-corrected chi connectivity index (χ2v) is 4.03. The summed E-state index contributed by atoms with van der Waals surface area (Å²) in [6.45, 7) is 0.0392. The molecule has 0 amide bonds. The van der Waals surface area contributed by atoms with Crippen LogP contribution in [0.5, 0.6) is 0 Å². The van der Waals surface area contributed by atoms with Crippen molar-refractivity contribution >= 4 is 11.8 Å². The Labute approximate surface area is 110 Å². The standard InChI is InChI=1S/C13H16FNO4/c14-10-3-1-9(2-4-10)13(19)11(15-7-8-16)5-6-12(17)18/h1-4,11,15-16H,5-8H2,(H,17,18). The highest BCUT2D eigenvalue weighted by molar-refractivity contribution is 6.00. The van der Waals surface area contributed by atoms with Crippen molar-refractivity contribution in [2.24, 2.45) is 0 Å². The molecule has 0 aliphatic carbocycles. The largest absolute Gasteiger partial charge is 0.481 e. The van der Waals surface area contributed by atoms with Gasteiger partial charge in [0.25, 0.3) is 0 Å². The van der Waals surface area contributed by atoms with Gasteiger partial charge in [-0.2, -0.15) is 0 Å². The van der Waals surface area contributed by atoms with Gasteiger partial charge in [0.1, 0.15) is 5.82 Å². The number of benzene rings is 1. The molecule has 104 valence electrons. The third-order valence-corrected chi connectivity index (χ3v) is 2.59. The van der Waals surface area contributed by atoms with E-state index in [1.54, 1.807) is 0 Å². The Balaban J connectivity index is 2.74. The summed E-state index contributed by atoms with van der Waals surface area (Å²) in [7, 11) is 0. The molecule has 0 aliphatic rings. The lowest BCUT2D eigenvalue weighted by molar-refractivity contribution is -0.137. The SMILES string of the molecule is O=C(O)CCC(NCCO)C(=O)c1ccc(F)cc1. The number of carboxylic acid groups (broad SMARTS) is 1. The Bertz CT molecular complexity index is 433. The monoisotopic (exact) mass is 269 g/mol. The second kappa shape index (κ2) is 7.60. The third-order valence-electron chi connectivity index (χ3n) is 2.59. The van der Waals surface area contributed by atoms with Crippen molar-refractivity contribution in [1.82, 2.24) is 5.32 Å². The minimum Gasteiger partial charge on any atom is -0.481 e. The molecule has 0 fully saturated rings. The molecule has 1 aromatic rings. The van der Waals surface area contributed by atoms with Crippen LogP contribution in [-0.2, 0) is 4.79 Å². The Kier molecular flexibility index (Phi) is 6.11. The van der Waals surface area contributed by atoms with Gasteiger partial charge < -0.3 is 15.5 Å². The van der Waals surface area contributed by atoms with Gasteiger partial charge in [0, 0.05) is 18.5 Å². The van der Waals surface area contributed by atoms with Crippen LogP contribution in [0.25, 0.3) is 0 Å². The molecule has 1 rings (SSSR count). The maximum Gasteiger partial charge on any atom is 0.303 e. The first-order chi connectivity index (χ1) is 9.04. The molecule has 1 unspecified atom stereocenters. The first-order valence-electron chi connectivity index (χ1n) is 5.90. The fourth-order valence-electron chi connectivity index (χ4n) is 1.65. The number of nitrogens with one attached hydrogen (secondary N) is 1. The minimum absolute atomic E-state index is 0.117. The number of hydrogen-bond acceptors (Lipinski definition) is 4. The molecule has 0 saturated heterocycles. The number of halogens is 1. The summed E-state index contributed by atoms with van der Waals surface area (Å²) in [6.07, 6.45) is -0.0401. The molecule has 3 N–H and O–H groups in total. The van der Waals surface area contributed by atoms with Crippen molar-refractivity contribution < 1.29 is 24.2 Å². The zero-order valence-corrected chi connectivity index (χ0v) is 10.3. The van der Waals surface area contributed by atoms with Gasteiger partial charge >= 0.3 is 5.97 Å². The molecule has 0 aromatic heterocycles. The molecule has 5 nitrogen and oxygen atoms in total. The van der Waals surface area contributed by atoms with E-state index in [4.69, 9.17) is 10.2 Å². The number of aliphatic carboxylic acids is 1. The van der Waals surface area contributed by atoms with E-state index in [0.29, 0.717) is 5.56 Å². The Morgan fingerprint density at radius 2 is 1.89 bits per heavy atom. The van der Waals surface area contributed by atoms with E-state index in [2.05, 4.69) is 5.32 Å². The van der Waals surface area contributed by atoms with Crippen LogP contribution in [-0.4, -0.2) is 41.2 Å². The number of aliphatic hydroxyl groups is 1. The predicted molar refractivity (Wildman–Crippen MR) is 66.5 cm³/mol. The zero-order valence-electron chi connectivity index (χ0n) is 10.3. The highest BCUT2D eigenvalue weighted by atomic mass is 19.1. The first kappa shape index (κ1) is 15.3. The Hall–Kier alpha value is -1.79. The van der Waals surface area contributed by atoms with Crippen LogP contribution in [0.4, 0.5) is 4.39 Å². The zero-order chi connectivity index (χ0) is 14.3. The molecule has 19 heavy (non-hydrogen) atoms. The van der Waals surface area contributed by atoms with E-state index >= 15 is 0 Å². The molecule has 6 heteroatoms.